The third-order valence-corrected chi connectivity index (χ3v) is 5.08. The Morgan fingerprint density at radius 2 is 2.07 bits per heavy atom. The molecule has 27 heavy (non-hydrogen) atoms. The van der Waals surface area contributed by atoms with Gasteiger partial charge in [0.2, 0.25) is 5.91 Å². The predicted molar refractivity (Wildman–Crippen MR) is 103 cm³/mol. The van der Waals surface area contributed by atoms with E-state index in [0.717, 1.165) is 25.9 Å². The van der Waals surface area contributed by atoms with Crippen LogP contribution in [-0.2, 0) is 11.5 Å². The molecule has 1 aromatic carbocycles. The van der Waals surface area contributed by atoms with Crippen molar-refractivity contribution in [3.05, 3.63) is 58.2 Å². The average Bonchev–Trinajstić information content (AvgIpc) is 2.98. The van der Waals surface area contributed by atoms with E-state index in [1.807, 2.05) is 12.1 Å². The molecule has 1 aliphatic rings. The number of hydrogen-bond donors (Lipinski definition) is 1. The van der Waals surface area contributed by atoms with Crippen molar-refractivity contribution in [1.29, 1.82) is 0 Å². The van der Waals surface area contributed by atoms with Crippen molar-refractivity contribution in [3.63, 3.8) is 0 Å². The van der Waals surface area contributed by atoms with Gasteiger partial charge in [0, 0.05) is 30.2 Å². The number of hydrogen-bond acceptors (Lipinski definition) is 5. The highest BCUT2D eigenvalue weighted by atomic mass is 35.5. The van der Waals surface area contributed by atoms with Gasteiger partial charge in [-0.25, -0.2) is 9.78 Å². The fourth-order valence-corrected chi connectivity index (χ4v) is 3.54. The summed E-state index contributed by atoms with van der Waals surface area (Å²) >= 11 is 6.04. The third-order valence-electron chi connectivity index (χ3n) is 4.85. The number of halogens is 1. The summed E-state index contributed by atoms with van der Waals surface area (Å²) in [6, 6.07) is 10.5. The zero-order valence-electron chi connectivity index (χ0n) is 14.6. The molecule has 2 aromatic heterocycles. The van der Waals surface area contributed by atoms with Crippen molar-refractivity contribution in [1.82, 2.24) is 14.5 Å². The standard InChI is InChI=1S/C19H19ClN4O3/c20-14-4-5-16-15(11-14)24(19(26)27-16)12-23-9-6-13(7-10-23)18(25)22-17-3-1-2-8-21-17/h1-5,8,11,13H,6-7,9-10,12H2,(H,21,22,25). The summed E-state index contributed by atoms with van der Waals surface area (Å²) < 4.78 is 6.85. The van der Waals surface area contributed by atoms with Crippen LogP contribution < -0.4 is 11.1 Å². The number of piperidine rings is 1. The molecule has 1 aliphatic heterocycles. The van der Waals surface area contributed by atoms with Crippen LogP contribution in [0.5, 0.6) is 0 Å². The van der Waals surface area contributed by atoms with Gasteiger partial charge in [0.25, 0.3) is 0 Å². The molecule has 4 rings (SSSR count). The summed E-state index contributed by atoms with van der Waals surface area (Å²) in [7, 11) is 0. The van der Waals surface area contributed by atoms with Crippen LogP contribution in [0, 0.1) is 5.92 Å². The van der Waals surface area contributed by atoms with Gasteiger partial charge in [0.1, 0.15) is 5.82 Å². The molecule has 1 fully saturated rings. The molecular formula is C19H19ClN4O3. The van der Waals surface area contributed by atoms with Crippen molar-refractivity contribution in [3.8, 4) is 0 Å². The van der Waals surface area contributed by atoms with Gasteiger partial charge in [-0.2, -0.15) is 0 Å². The van der Waals surface area contributed by atoms with E-state index in [0.29, 0.717) is 28.6 Å². The zero-order valence-corrected chi connectivity index (χ0v) is 15.4. The maximum Gasteiger partial charge on any atom is 0.421 e. The number of carbonyl (C=O) groups excluding carboxylic acids is 1. The Hall–Kier alpha value is -2.64. The molecule has 140 valence electrons. The molecule has 0 aliphatic carbocycles. The number of amides is 1. The first-order valence-electron chi connectivity index (χ1n) is 8.83. The first-order valence-corrected chi connectivity index (χ1v) is 9.21. The summed E-state index contributed by atoms with van der Waals surface area (Å²) in [6.07, 6.45) is 3.10. The molecule has 0 unspecified atom stereocenters. The van der Waals surface area contributed by atoms with E-state index in [9.17, 15) is 9.59 Å². The lowest BCUT2D eigenvalue weighted by Crippen LogP contribution is -2.40. The minimum absolute atomic E-state index is 0.00828. The van der Waals surface area contributed by atoms with Crippen LogP contribution in [0.1, 0.15) is 12.8 Å². The maximum atomic E-state index is 12.4. The van der Waals surface area contributed by atoms with Gasteiger partial charge in [0.15, 0.2) is 5.58 Å². The topological polar surface area (TPSA) is 80.4 Å². The zero-order chi connectivity index (χ0) is 18.8. The summed E-state index contributed by atoms with van der Waals surface area (Å²) in [5, 5.41) is 3.42. The number of carbonyl (C=O) groups is 1. The Morgan fingerprint density at radius 3 is 2.81 bits per heavy atom. The van der Waals surface area contributed by atoms with Gasteiger partial charge < -0.3 is 9.73 Å². The molecule has 0 atom stereocenters. The van der Waals surface area contributed by atoms with E-state index in [-0.39, 0.29) is 11.8 Å². The van der Waals surface area contributed by atoms with Gasteiger partial charge in [0.05, 0.1) is 12.2 Å². The largest absolute Gasteiger partial charge is 0.421 e. The molecule has 1 saturated heterocycles. The van der Waals surface area contributed by atoms with E-state index in [1.54, 1.807) is 35.0 Å². The second kappa shape index (κ2) is 7.54. The second-order valence-corrected chi connectivity index (χ2v) is 7.08. The first kappa shape index (κ1) is 17.8. The number of benzene rings is 1. The molecule has 0 radical (unpaired) electrons. The van der Waals surface area contributed by atoms with Crippen molar-refractivity contribution in [2.24, 2.45) is 5.92 Å². The number of nitrogens with one attached hydrogen (secondary N) is 1. The fraction of sp³-hybridized carbons (Fsp3) is 0.316. The number of nitrogens with zero attached hydrogens (tertiary/aromatic N) is 3. The van der Waals surface area contributed by atoms with E-state index in [1.165, 1.54) is 0 Å². The third kappa shape index (κ3) is 3.89. The maximum absolute atomic E-state index is 12.4. The minimum Gasteiger partial charge on any atom is -0.408 e. The van der Waals surface area contributed by atoms with Crippen molar-refractivity contribution in [2.75, 3.05) is 18.4 Å². The smallest absolute Gasteiger partial charge is 0.408 e. The van der Waals surface area contributed by atoms with E-state index in [2.05, 4.69) is 15.2 Å². The highest BCUT2D eigenvalue weighted by Crippen LogP contribution is 2.22. The van der Waals surface area contributed by atoms with Crippen molar-refractivity contribution < 1.29 is 9.21 Å². The second-order valence-electron chi connectivity index (χ2n) is 6.65. The molecule has 1 amide bonds. The summed E-state index contributed by atoms with van der Waals surface area (Å²) in [5.74, 6) is 0.0992. The number of anilines is 1. The lowest BCUT2D eigenvalue weighted by Gasteiger charge is -2.31. The Kier molecular flexibility index (Phi) is 4.96. The molecule has 8 heteroatoms. The van der Waals surface area contributed by atoms with Crippen LogP contribution in [-0.4, -0.2) is 33.4 Å². The molecule has 0 saturated carbocycles. The lowest BCUT2D eigenvalue weighted by molar-refractivity contribution is -0.121. The molecule has 0 bridgehead atoms. The Morgan fingerprint density at radius 1 is 1.26 bits per heavy atom. The Labute approximate surface area is 160 Å². The van der Waals surface area contributed by atoms with Gasteiger partial charge in [-0.05, 0) is 43.2 Å². The number of aromatic nitrogens is 2. The van der Waals surface area contributed by atoms with Crippen LogP contribution in [0.4, 0.5) is 5.82 Å². The minimum atomic E-state index is -0.401. The quantitative estimate of drug-likeness (QED) is 0.745. The van der Waals surface area contributed by atoms with E-state index < -0.39 is 5.76 Å². The molecular weight excluding hydrogens is 368 g/mol. The van der Waals surface area contributed by atoms with E-state index in [4.69, 9.17) is 16.0 Å². The summed E-state index contributed by atoms with van der Waals surface area (Å²) in [4.78, 5) is 30.8. The molecule has 1 N–H and O–H groups in total. The van der Waals surface area contributed by atoms with Crippen LogP contribution in [0.25, 0.3) is 11.1 Å². The van der Waals surface area contributed by atoms with Crippen LogP contribution in [0.2, 0.25) is 5.02 Å². The lowest BCUT2D eigenvalue weighted by atomic mass is 9.96. The molecule has 0 spiro atoms. The van der Waals surface area contributed by atoms with Crippen LogP contribution >= 0.6 is 11.6 Å². The molecule has 7 nitrogen and oxygen atoms in total. The molecule has 3 heterocycles. The average molecular weight is 387 g/mol. The van der Waals surface area contributed by atoms with Gasteiger partial charge >= 0.3 is 5.76 Å². The van der Waals surface area contributed by atoms with Gasteiger partial charge in [-0.1, -0.05) is 17.7 Å². The highest BCUT2D eigenvalue weighted by Gasteiger charge is 2.26. The van der Waals surface area contributed by atoms with Crippen LogP contribution in [0.15, 0.2) is 51.8 Å². The number of fused-ring (bicyclic) bond motifs is 1. The number of oxazole rings is 1. The van der Waals surface area contributed by atoms with E-state index >= 15 is 0 Å². The normalized spacial score (nSPS) is 15.9. The van der Waals surface area contributed by atoms with Gasteiger partial charge in [-0.3, -0.25) is 14.3 Å². The highest BCUT2D eigenvalue weighted by molar-refractivity contribution is 6.31. The van der Waals surface area contributed by atoms with Crippen molar-refractivity contribution >= 4 is 34.4 Å². The number of likely N-dealkylation sites (tertiary alicyclic amines) is 1. The number of pyridine rings is 1. The van der Waals surface area contributed by atoms with Crippen molar-refractivity contribution in [2.45, 2.75) is 19.5 Å². The predicted octanol–water partition coefficient (Wildman–Crippen LogP) is 2.95. The van der Waals surface area contributed by atoms with Crippen LogP contribution in [0.3, 0.4) is 0 Å². The first-order chi connectivity index (χ1) is 13.1. The van der Waals surface area contributed by atoms with Gasteiger partial charge in [-0.15, -0.1) is 0 Å². The number of rotatable bonds is 4. The summed E-state index contributed by atoms with van der Waals surface area (Å²) in [6.45, 7) is 1.86. The molecule has 3 aromatic rings. The fourth-order valence-electron chi connectivity index (χ4n) is 3.37. The SMILES string of the molecule is O=C(Nc1ccccn1)C1CCN(Cn2c(=O)oc3ccc(Cl)cc32)CC1. The summed E-state index contributed by atoms with van der Waals surface area (Å²) in [5.41, 5.74) is 1.21. The monoisotopic (exact) mass is 386 g/mol. The Balaban J connectivity index is 1.39. The Bertz CT molecular complexity index is 1010.